The molecule has 3 aromatic rings. The molecule has 32 heavy (non-hydrogen) atoms. The first-order valence-electron chi connectivity index (χ1n) is 10.6. The van der Waals surface area contributed by atoms with Crippen LogP contribution in [-0.4, -0.2) is 60.2 Å². The molecule has 2 heterocycles. The number of H-pyrrole nitrogens is 1. The van der Waals surface area contributed by atoms with Crippen LogP contribution in [0.2, 0.25) is 0 Å². The summed E-state index contributed by atoms with van der Waals surface area (Å²) in [4.78, 5) is 28.1. The molecule has 1 unspecified atom stereocenters. The zero-order valence-corrected chi connectivity index (χ0v) is 17.5. The van der Waals surface area contributed by atoms with E-state index in [1.807, 2.05) is 42.5 Å². The summed E-state index contributed by atoms with van der Waals surface area (Å²) in [6, 6.07) is 14.5. The van der Waals surface area contributed by atoms with Gasteiger partial charge in [0.1, 0.15) is 12.4 Å². The van der Waals surface area contributed by atoms with E-state index in [1.165, 1.54) is 0 Å². The fraction of sp³-hybridized carbons (Fsp3) is 0.333. The monoisotopic (exact) mass is 438 g/mol. The molecule has 8 nitrogen and oxygen atoms in total. The van der Waals surface area contributed by atoms with Crippen molar-refractivity contribution in [2.75, 3.05) is 33.0 Å². The van der Waals surface area contributed by atoms with E-state index >= 15 is 0 Å². The maximum atomic E-state index is 12.9. The largest absolute Gasteiger partial charge is 0.490 e. The van der Waals surface area contributed by atoms with Crippen molar-refractivity contribution in [2.45, 2.75) is 18.4 Å². The molecule has 2 aromatic carbocycles. The van der Waals surface area contributed by atoms with Crippen LogP contribution in [0, 0.1) is 0 Å². The summed E-state index contributed by atoms with van der Waals surface area (Å²) >= 11 is 0. The number of nitrogens with one attached hydrogen (secondary N) is 2. The molecule has 168 valence electrons. The van der Waals surface area contributed by atoms with E-state index in [4.69, 9.17) is 14.6 Å². The molecule has 1 saturated heterocycles. The number of fused-ring (bicyclic) bond motifs is 1. The smallest absolute Gasteiger partial charge is 0.256 e. The third-order valence-electron chi connectivity index (χ3n) is 5.57. The fourth-order valence-electron chi connectivity index (χ4n) is 3.99. The number of carbonyl (C=O) groups is 1. The molecule has 0 spiro atoms. The van der Waals surface area contributed by atoms with Gasteiger partial charge in [-0.1, -0.05) is 24.3 Å². The van der Waals surface area contributed by atoms with Gasteiger partial charge < -0.3 is 30.0 Å². The van der Waals surface area contributed by atoms with Crippen molar-refractivity contribution in [1.82, 2.24) is 10.3 Å². The lowest BCUT2D eigenvalue weighted by Crippen LogP contribution is -2.28. The van der Waals surface area contributed by atoms with Crippen molar-refractivity contribution in [3.05, 3.63) is 64.4 Å². The molecule has 1 fully saturated rings. The predicted molar refractivity (Wildman–Crippen MR) is 120 cm³/mol. The van der Waals surface area contributed by atoms with Gasteiger partial charge in [-0.05, 0) is 41.6 Å². The highest BCUT2D eigenvalue weighted by Crippen LogP contribution is 2.31. The Morgan fingerprint density at radius 1 is 1.00 bits per heavy atom. The maximum absolute atomic E-state index is 12.9. The standard InChI is InChI=1S/C24H26N2O6/c27-7-8-31-9-10-32-22-4-2-1-3-18(22)21-12-16-6-5-15(11-19(16)24(30)26-21)20-13-17(14-28)25-23(20)29/h1-6,11-12,17,20,27-28H,7-10,13-14H2,(H,25,29)(H,26,30)/t17?,20-/m1/s1. The highest BCUT2D eigenvalue weighted by Gasteiger charge is 2.32. The lowest BCUT2D eigenvalue weighted by molar-refractivity contribution is -0.120. The topological polar surface area (TPSA) is 121 Å². The van der Waals surface area contributed by atoms with Crippen LogP contribution in [0.25, 0.3) is 22.0 Å². The Labute approximate surface area is 184 Å². The Balaban J connectivity index is 1.61. The molecule has 4 N–H and O–H groups in total. The molecule has 2 atom stereocenters. The van der Waals surface area contributed by atoms with E-state index in [9.17, 15) is 14.7 Å². The van der Waals surface area contributed by atoms with Gasteiger partial charge in [0.05, 0.1) is 44.1 Å². The Morgan fingerprint density at radius 2 is 1.84 bits per heavy atom. The first-order valence-corrected chi connectivity index (χ1v) is 10.6. The van der Waals surface area contributed by atoms with Crippen molar-refractivity contribution in [3.63, 3.8) is 0 Å². The van der Waals surface area contributed by atoms with Gasteiger partial charge in [0.25, 0.3) is 5.56 Å². The quantitative estimate of drug-likeness (QED) is 0.376. The molecule has 1 aliphatic rings. The van der Waals surface area contributed by atoms with E-state index in [-0.39, 0.29) is 43.2 Å². The summed E-state index contributed by atoms with van der Waals surface area (Å²) in [5, 5.41) is 22.1. The van der Waals surface area contributed by atoms with E-state index in [1.54, 1.807) is 6.07 Å². The lowest BCUT2D eigenvalue weighted by atomic mass is 9.93. The van der Waals surface area contributed by atoms with Crippen LogP contribution < -0.4 is 15.6 Å². The minimum Gasteiger partial charge on any atom is -0.490 e. The van der Waals surface area contributed by atoms with Gasteiger partial charge in [0, 0.05) is 10.9 Å². The van der Waals surface area contributed by atoms with Crippen molar-refractivity contribution >= 4 is 16.7 Å². The molecule has 1 amide bonds. The average Bonchev–Trinajstić information content (AvgIpc) is 3.19. The van der Waals surface area contributed by atoms with E-state index in [0.717, 1.165) is 16.5 Å². The Bertz CT molecular complexity index is 1160. The summed E-state index contributed by atoms with van der Waals surface area (Å²) in [7, 11) is 0. The number of aromatic nitrogens is 1. The van der Waals surface area contributed by atoms with Crippen LogP contribution in [0.5, 0.6) is 5.75 Å². The van der Waals surface area contributed by atoms with Gasteiger partial charge in [0.15, 0.2) is 0 Å². The first-order chi connectivity index (χ1) is 15.6. The van der Waals surface area contributed by atoms with Crippen molar-refractivity contribution in [1.29, 1.82) is 0 Å². The maximum Gasteiger partial charge on any atom is 0.256 e. The molecule has 8 heteroatoms. The van der Waals surface area contributed by atoms with Crippen LogP contribution in [0.3, 0.4) is 0 Å². The average molecular weight is 438 g/mol. The second-order valence-corrected chi connectivity index (χ2v) is 7.72. The van der Waals surface area contributed by atoms with E-state index in [2.05, 4.69) is 10.3 Å². The SMILES string of the molecule is O=C1NC(CO)C[C@@H]1c1ccc2cc(-c3ccccc3OCCOCCO)[nH]c(=O)c2c1. The number of ether oxygens (including phenoxy) is 2. The molecular weight excluding hydrogens is 412 g/mol. The molecular formula is C24H26N2O6. The van der Waals surface area contributed by atoms with Crippen molar-refractivity contribution in [2.24, 2.45) is 0 Å². The number of benzene rings is 2. The zero-order chi connectivity index (χ0) is 22.5. The normalized spacial score (nSPS) is 18.1. The Morgan fingerprint density at radius 3 is 2.62 bits per heavy atom. The van der Waals surface area contributed by atoms with Gasteiger partial charge in [-0.3, -0.25) is 9.59 Å². The number of carbonyl (C=O) groups excluding carboxylic acids is 1. The zero-order valence-electron chi connectivity index (χ0n) is 17.5. The molecule has 1 aliphatic heterocycles. The van der Waals surface area contributed by atoms with Crippen LogP contribution in [-0.2, 0) is 9.53 Å². The molecule has 0 bridgehead atoms. The minimum atomic E-state index is -0.377. The van der Waals surface area contributed by atoms with Gasteiger partial charge in [-0.25, -0.2) is 0 Å². The molecule has 4 rings (SSSR count). The molecule has 0 radical (unpaired) electrons. The summed E-state index contributed by atoms with van der Waals surface area (Å²) in [6.07, 6.45) is 0.504. The summed E-state index contributed by atoms with van der Waals surface area (Å²) in [6.45, 7) is 0.779. The molecule has 0 saturated carbocycles. The second-order valence-electron chi connectivity index (χ2n) is 7.72. The number of aliphatic hydroxyl groups is 2. The van der Waals surface area contributed by atoms with Crippen molar-refractivity contribution in [3.8, 4) is 17.0 Å². The van der Waals surface area contributed by atoms with Crippen LogP contribution in [0.4, 0.5) is 0 Å². The third kappa shape index (κ3) is 4.67. The number of hydrogen-bond donors (Lipinski definition) is 4. The third-order valence-corrected chi connectivity index (χ3v) is 5.57. The Kier molecular flexibility index (Phi) is 6.84. The number of hydrogen-bond acceptors (Lipinski definition) is 6. The second kappa shape index (κ2) is 9.95. The summed E-state index contributed by atoms with van der Waals surface area (Å²) in [5.41, 5.74) is 1.88. The van der Waals surface area contributed by atoms with Crippen LogP contribution in [0.15, 0.2) is 53.3 Å². The van der Waals surface area contributed by atoms with Crippen molar-refractivity contribution < 1.29 is 24.5 Å². The van der Waals surface area contributed by atoms with Gasteiger partial charge >= 0.3 is 0 Å². The lowest BCUT2D eigenvalue weighted by Gasteiger charge is -2.13. The van der Waals surface area contributed by atoms with Crippen LogP contribution in [0.1, 0.15) is 17.9 Å². The van der Waals surface area contributed by atoms with E-state index in [0.29, 0.717) is 36.5 Å². The highest BCUT2D eigenvalue weighted by molar-refractivity contribution is 5.90. The van der Waals surface area contributed by atoms with Gasteiger partial charge in [-0.15, -0.1) is 0 Å². The summed E-state index contributed by atoms with van der Waals surface area (Å²) < 4.78 is 11.0. The fourth-order valence-corrected chi connectivity index (χ4v) is 3.99. The number of aromatic amines is 1. The van der Waals surface area contributed by atoms with E-state index < -0.39 is 0 Å². The minimum absolute atomic E-state index is 0.0376. The Hall–Kier alpha value is -3.20. The molecule has 0 aliphatic carbocycles. The summed E-state index contributed by atoms with van der Waals surface area (Å²) in [5.74, 6) is 0.104. The van der Waals surface area contributed by atoms with Crippen LogP contribution >= 0.6 is 0 Å². The highest BCUT2D eigenvalue weighted by atomic mass is 16.5. The van der Waals surface area contributed by atoms with Gasteiger partial charge in [-0.2, -0.15) is 0 Å². The molecule has 1 aromatic heterocycles. The number of rotatable bonds is 9. The number of para-hydroxylation sites is 1. The number of pyridine rings is 1. The number of amides is 1. The first kappa shape index (κ1) is 22.0. The van der Waals surface area contributed by atoms with Gasteiger partial charge in [0.2, 0.25) is 5.91 Å². The predicted octanol–water partition coefficient (Wildman–Crippen LogP) is 1.55. The number of aliphatic hydroxyl groups excluding tert-OH is 2.